The van der Waals surface area contributed by atoms with Crippen LogP contribution in [0.3, 0.4) is 0 Å². The van der Waals surface area contributed by atoms with Gasteiger partial charge in [-0.25, -0.2) is 0 Å². The fourth-order valence-corrected chi connectivity index (χ4v) is 1.81. The van der Waals surface area contributed by atoms with Crippen molar-refractivity contribution in [2.24, 2.45) is 7.05 Å². The highest BCUT2D eigenvalue weighted by molar-refractivity contribution is 5.12. The molecular weight excluding hydrogens is 212 g/mol. The van der Waals surface area contributed by atoms with Crippen LogP contribution in [0.1, 0.15) is 24.2 Å². The van der Waals surface area contributed by atoms with Gasteiger partial charge in [0, 0.05) is 50.3 Å². The number of pyridine rings is 1. The lowest BCUT2D eigenvalue weighted by Gasteiger charge is -2.13. The molecule has 0 aliphatic heterocycles. The van der Waals surface area contributed by atoms with Gasteiger partial charge >= 0.3 is 0 Å². The smallest absolute Gasteiger partial charge is 0.0492 e. The van der Waals surface area contributed by atoms with E-state index in [1.165, 1.54) is 11.3 Å². The number of aryl methyl sites for hydroxylation is 1. The highest BCUT2D eigenvalue weighted by Gasteiger charge is 2.04. The Bertz CT molecular complexity index is 449. The van der Waals surface area contributed by atoms with Crippen molar-refractivity contribution in [2.45, 2.75) is 19.4 Å². The van der Waals surface area contributed by atoms with Gasteiger partial charge < -0.3 is 5.32 Å². The first-order valence-electron chi connectivity index (χ1n) is 5.87. The molecule has 2 aromatic heterocycles. The molecule has 0 saturated carbocycles. The molecule has 0 bridgehead atoms. The van der Waals surface area contributed by atoms with Crippen molar-refractivity contribution >= 4 is 0 Å². The van der Waals surface area contributed by atoms with Crippen molar-refractivity contribution in [1.82, 2.24) is 20.1 Å². The summed E-state index contributed by atoms with van der Waals surface area (Å²) in [6, 6.07) is 6.44. The maximum Gasteiger partial charge on any atom is 0.0492 e. The third-order valence-corrected chi connectivity index (χ3v) is 2.94. The summed E-state index contributed by atoms with van der Waals surface area (Å²) in [7, 11) is 1.97. The van der Waals surface area contributed by atoms with Gasteiger partial charge in [-0.2, -0.15) is 5.10 Å². The summed E-state index contributed by atoms with van der Waals surface area (Å²) >= 11 is 0. The van der Waals surface area contributed by atoms with Gasteiger partial charge in [-0.05, 0) is 24.6 Å². The van der Waals surface area contributed by atoms with Crippen LogP contribution in [0.4, 0.5) is 0 Å². The molecule has 2 aromatic rings. The molecule has 0 aromatic carbocycles. The first-order chi connectivity index (χ1) is 8.27. The molecule has 2 heterocycles. The van der Waals surface area contributed by atoms with Crippen molar-refractivity contribution in [1.29, 1.82) is 0 Å². The Morgan fingerprint density at radius 1 is 1.35 bits per heavy atom. The minimum Gasteiger partial charge on any atom is -0.310 e. The van der Waals surface area contributed by atoms with E-state index in [1.807, 2.05) is 30.2 Å². The summed E-state index contributed by atoms with van der Waals surface area (Å²) in [5.74, 6) is 0. The van der Waals surface area contributed by atoms with E-state index in [9.17, 15) is 0 Å². The fourth-order valence-electron chi connectivity index (χ4n) is 1.81. The van der Waals surface area contributed by atoms with Crippen molar-refractivity contribution in [2.75, 3.05) is 6.54 Å². The standard InChI is InChI=1S/C13H18N4/c1-11(12-4-3-7-14-10-12)15-8-5-13-6-9-16-17(13)2/h3-4,6-7,9-11,15H,5,8H2,1-2H3. The molecule has 1 unspecified atom stereocenters. The normalized spacial score (nSPS) is 12.6. The Morgan fingerprint density at radius 2 is 2.24 bits per heavy atom. The van der Waals surface area contributed by atoms with Crippen molar-refractivity contribution < 1.29 is 0 Å². The lowest BCUT2D eigenvalue weighted by Crippen LogP contribution is -2.22. The minimum atomic E-state index is 0.330. The molecule has 17 heavy (non-hydrogen) atoms. The quantitative estimate of drug-likeness (QED) is 0.850. The van der Waals surface area contributed by atoms with E-state index in [-0.39, 0.29) is 0 Å². The van der Waals surface area contributed by atoms with Crippen molar-refractivity contribution in [3.05, 3.63) is 48.0 Å². The maximum absolute atomic E-state index is 4.15. The Morgan fingerprint density at radius 3 is 2.88 bits per heavy atom. The summed E-state index contributed by atoms with van der Waals surface area (Å²) in [6.07, 6.45) is 6.52. The number of aromatic nitrogens is 3. The van der Waals surface area contributed by atoms with Crippen LogP contribution in [0.25, 0.3) is 0 Å². The molecule has 4 nitrogen and oxygen atoms in total. The maximum atomic E-state index is 4.15. The average molecular weight is 230 g/mol. The van der Waals surface area contributed by atoms with Crippen LogP contribution in [0.15, 0.2) is 36.8 Å². The van der Waals surface area contributed by atoms with Gasteiger partial charge in [-0.1, -0.05) is 6.07 Å². The highest BCUT2D eigenvalue weighted by atomic mass is 15.3. The SMILES string of the molecule is CC(NCCc1ccnn1C)c1cccnc1. The number of rotatable bonds is 5. The second kappa shape index (κ2) is 5.59. The Balaban J connectivity index is 1.81. The van der Waals surface area contributed by atoms with E-state index in [0.29, 0.717) is 6.04 Å². The van der Waals surface area contributed by atoms with Gasteiger partial charge in [0.25, 0.3) is 0 Å². The van der Waals surface area contributed by atoms with Gasteiger partial charge in [0.15, 0.2) is 0 Å². The molecule has 4 heteroatoms. The average Bonchev–Trinajstić information content (AvgIpc) is 2.76. The number of hydrogen-bond donors (Lipinski definition) is 1. The highest BCUT2D eigenvalue weighted by Crippen LogP contribution is 2.09. The number of nitrogens with zero attached hydrogens (tertiary/aromatic N) is 3. The third-order valence-electron chi connectivity index (χ3n) is 2.94. The monoisotopic (exact) mass is 230 g/mol. The van der Waals surface area contributed by atoms with Crippen LogP contribution >= 0.6 is 0 Å². The van der Waals surface area contributed by atoms with Crippen molar-refractivity contribution in [3.63, 3.8) is 0 Å². The van der Waals surface area contributed by atoms with E-state index in [4.69, 9.17) is 0 Å². The summed E-state index contributed by atoms with van der Waals surface area (Å²) in [5.41, 5.74) is 2.47. The molecule has 90 valence electrons. The third kappa shape index (κ3) is 3.14. The Kier molecular flexibility index (Phi) is 3.88. The fraction of sp³-hybridized carbons (Fsp3) is 0.385. The van der Waals surface area contributed by atoms with E-state index >= 15 is 0 Å². The summed E-state index contributed by atoms with van der Waals surface area (Å²) in [4.78, 5) is 4.12. The van der Waals surface area contributed by atoms with Gasteiger partial charge in [-0.15, -0.1) is 0 Å². The minimum absolute atomic E-state index is 0.330. The van der Waals surface area contributed by atoms with E-state index in [0.717, 1.165) is 13.0 Å². The number of nitrogens with one attached hydrogen (secondary N) is 1. The lowest BCUT2D eigenvalue weighted by atomic mass is 10.1. The van der Waals surface area contributed by atoms with Crippen LogP contribution in [0.5, 0.6) is 0 Å². The first-order valence-corrected chi connectivity index (χ1v) is 5.87. The molecule has 0 radical (unpaired) electrons. The predicted octanol–water partition coefficient (Wildman–Crippen LogP) is 1.71. The molecule has 2 rings (SSSR count). The van der Waals surface area contributed by atoms with Gasteiger partial charge in [0.2, 0.25) is 0 Å². The van der Waals surface area contributed by atoms with E-state index in [2.05, 4.69) is 34.5 Å². The van der Waals surface area contributed by atoms with Crippen LogP contribution in [0.2, 0.25) is 0 Å². The largest absolute Gasteiger partial charge is 0.310 e. The summed E-state index contributed by atoms with van der Waals surface area (Å²) in [5, 5.41) is 7.63. The van der Waals surface area contributed by atoms with Crippen molar-refractivity contribution in [3.8, 4) is 0 Å². The molecule has 0 aliphatic rings. The molecule has 1 atom stereocenters. The molecule has 1 N–H and O–H groups in total. The zero-order chi connectivity index (χ0) is 12.1. The van der Waals surface area contributed by atoms with E-state index in [1.54, 1.807) is 6.20 Å². The second-order valence-electron chi connectivity index (χ2n) is 4.16. The molecule has 0 fully saturated rings. The Hall–Kier alpha value is -1.68. The molecule has 0 amide bonds. The summed E-state index contributed by atoms with van der Waals surface area (Å²) < 4.78 is 1.91. The zero-order valence-electron chi connectivity index (χ0n) is 10.3. The first kappa shape index (κ1) is 11.8. The molecule has 0 saturated heterocycles. The topological polar surface area (TPSA) is 42.7 Å². The Labute approximate surface area is 102 Å². The molecule has 0 spiro atoms. The van der Waals surface area contributed by atoms with Crippen LogP contribution in [0, 0.1) is 0 Å². The van der Waals surface area contributed by atoms with Crippen LogP contribution in [-0.4, -0.2) is 21.3 Å². The zero-order valence-corrected chi connectivity index (χ0v) is 10.3. The van der Waals surface area contributed by atoms with Crippen LogP contribution < -0.4 is 5.32 Å². The number of hydrogen-bond acceptors (Lipinski definition) is 3. The van der Waals surface area contributed by atoms with Gasteiger partial charge in [0.1, 0.15) is 0 Å². The predicted molar refractivity (Wildman–Crippen MR) is 67.6 cm³/mol. The second-order valence-corrected chi connectivity index (χ2v) is 4.16. The summed E-state index contributed by atoms with van der Waals surface area (Å²) in [6.45, 7) is 3.09. The van der Waals surface area contributed by atoms with Gasteiger partial charge in [0.05, 0.1) is 0 Å². The van der Waals surface area contributed by atoms with Gasteiger partial charge in [-0.3, -0.25) is 9.67 Å². The van der Waals surface area contributed by atoms with E-state index < -0.39 is 0 Å². The van der Waals surface area contributed by atoms with Crippen LogP contribution in [-0.2, 0) is 13.5 Å². The molecule has 0 aliphatic carbocycles. The lowest BCUT2D eigenvalue weighted by molar-refractivity contribution is 0.562. The molecular formula is C13H18N4.